The zero-order valence-electron chi connectivity index (χ0n) is 14.1. The van der Waals surface area contributed by atoms with Gasteiger partial charge in [0.25, 0.3) is 0 Å². The van der Waals surface area contributed by atoms with Gasteiger partial charge in [-0.15, -0.1) is 0 Å². The first-order chi connectivity index (χ1) is 11.6. The van der Waals surface area contributed by atoms with E-state index in [1.807, 2.05) is 64.6 Å². The molecule has 2 aromatic carbocycles. The van der Waals surface area contributed by atoms with E-state index >= 15 is 0 Å². The van der Waals surface area contributed by atoms with Crippen molar-refractivity contribution in [2.45, 2.75) is 33.0 Å². The lowest BCUT2D eigenvalue weighted by atomic mass is 10.2. The number of imidazole rings is 1. The molecule has 5 heteroatoms. The van der Waals surface area contributed by atoms with Crippen LogP contribution in [-0.4, -0.2) is 22.4 Å². The van der Waals surface area contributed by atoms with Crippen molar-refractivity contribution in [3.8, 4) is 5.75 Å². The van der Waals surface area contributed by atoms with Crippen molar-refractivity contribution in [3.05, 3.63) is 54.1 Å². The molecule has 0 spiro atoms. The Balaban J connectivity index is 1.74. The number of nitrogen functional groups attached to an aromatic ring is 1. The second-order valence-electron chi connectivity index (χ2n) is 5.98. The molecule has 0 saturated heterocycles. The van der Waals surface area contributed by atoms with Crippen LogP contribution in [0.2, 0.25) is 0 Å². The number of anilines is 1. The van der Waals surface area contributed by atoms with Crippen molar-refractivity contribution in [1.82, 2.24) is 4.57 Å². The fourth-order valence-electron chi connectivity index (χ4n) is 2.93. The molecule has 3 rings (SSSR count). The summed E-state index contributed by atoms with van der Waals surface area (Å²) >= 11 is 0. The van der Waals surface area contributed by atoms with Gasteiger partial charge < -0.3 is 9.84 Å². The highest BCUT2D eigenvalue weighted by molar-refractivity contribution is 5.73. The number of nitrogens with zero attached hydrogens (tertiary/aromatic N) is 2. The molecule has 3 N–H and O–H groups in total. The summed E-state index contributed by atoms with van der Waals surface area (Å²) in [6.45, 7) is 5.49. The Labute approximate surface area is 141 Å². The quantitative estimate of drug-likeness (QED) is 0.683. The first-order valence-electron chi connectivity index (χ1n) is 8.24. The van der Waals surface area contributed by atoms with Gasteiger partial charge in [0, 0.05) is 0 Å². The van der Waals surface area contributed by atoms with Gasteiger partial charge in [-0.2, -0.15) is 0 Å². The minimum Gasteiger partial charge on any atom is -0.491 e. The molecule has 0 amide bonds. The van der Waals surface area contributed by atoms with E-state index in [2.05, 4.69) is 6.92 Å². The molecule has 126 valence electrons. The predicted molar refractivity (Wildman–Crippen MR) is 94.9 cm³/mol. The Morgan fingerprint density at radius 3 is 2.58 bits per heavy atom. The van der Waals surface area contributed by atoms with Gasteiger partial charge in [0.1, 0.15) is 36.0 Å². The van der Waals surface area contributed by atoms with Gasteiger partial charge in [0.2, 0.25) is 0 Å². The predicted octanol–water partition coefficient (Wildman–Crippen LogP) is 2.28. The SMILES string of the molecule is CCn1c(N)[n+](C[C@H](O)COc2ccc(C)cc2)c2ccccc21. The van der Waals surface area contributed by atoms with Crippen LogP contribution in [0.25, 0.3) is 11.0 Å². The van der Waals surface area contributed by atoms with Crippen LogP contribution in [0.4, 0.5) is 5.95 Å². The Hall–Kier alpha value is -2.53. The summed E-state index contributed by atoms with van der Waals surface area (Å²) in [5.74, 6) is 1.40. The fraction of sp³-hybridized carbons (Fsp3) is 0.316. The van der Waals surface area contributed by atoms with Gasteiger partial charge in [-0.3, -0.25) is 5.73 Å². The molecule has 0 saturated carbocycles. The lowest BCUT2D eigenvalue weighted by molar-refractivity contribution is -0.665. The topological polar surface area (TPSA) is 64.3 Å². The van der Waals surface area contributed by atoms with Gasteiger partial charge in [0.15, 0.2) is 0 Å². The number of para-hydroxylation sites is 2. The number of rotatable bonds is 6. The minimum atomic E-state index is -0.644. The van der Waals surface area contributed by atoms with Crippen LogP contribution in [0.1, 0.15) is 12.5 Å². The molecule has 1 aromatic heterocycles. The molecule has 1 atom stereocenters. The van der Waals surface area contributed by atoms with Crippen molar-refractivity contribution < 1.29 is 14.4 Å². The number of aryl methyl sites for hydroxylation is 2. The summed E-state index contributed by atoms with van der Waals surface area (Å²) in [5, 5.41) is 10.4. The maximum absolute atomic E-state index is 10.4. The number of nitrogens with two attached hydrogens (primary N) is 1. The summed E-state index contributed by atoms with van der Waals surface area (Å²) in [7, 11) is 0. The summed E-state index contributed by atoms with van der Waals surface area (Å²) < 4.78 is 9.66. The molecule has 0 aliphatic rings. The smallest absolute Gasteiger partial charge is 0.356 e. The van der Waals surface area contributed by atoms with Gasteiger partial charge in [0.05, 0.1) is 6.54 Å². The number of ether oxygens (including phenoxy) is 1. The largest absolute Gasteiger partial charge is 0.491 e. The molecule has 0 fully saturated rings. The Bertz CT molecular complexity index is 824. The van der Waals surface area contributed by atoms with Crippen LogP contribution >= 0.6 is 0 Å². The molecule has 3 aromatic rings. The second-order valence-corrected chi connectivity index (χ2v) is 5.98. The third-order valence-corrected chi connectivity index (χ3v) is 4.19. The van der Waals surface area contributed by atoms with E-state index in [0.717, 1.165) is 23.3 Å². The van der Waals surface area contributed by atoms with Crippen LogP contribution in [0.3, 0.4) is 0 Å². The maximum atomic E-state index is 10.4. The summed E-state index contributed by atoms with van der Waals surface area (Å²) in [6.07, 6.45) is -0.644. The normalized spacial score (nSPS) is 12.5. The van der Waals surface area contributed by atoms with Crippen molar-refractivity contribution in [2.24, 2.45) is 0 Å². The van der Waals surface area contributed by atoms with Gasteiger partial charge >= 0.3 is 5.95 Å². The zero-order valence-corrected chi connectivity index (χ0v) is 14.1. The molecule has 0 aliphatic heterocycles. The molecular weight excluding hydrogens is 302 g/mol. The number of aliphatic hydroxyl groups excluding tert-OH is 1. The third kappa shape index (κ3) is 3.21. The van der Waals surface area contributed by atoms with Crippen molar-refractivity contribution in [3.63, 3.8) is 0 Å². The third-order valence-electron chi connectivity index (χ3n) is 4.19. The molecule has 1 heterocycles. The van der Waals surface area contributed by atoms with E-state index in [1.54, 1.807) is 0 Å². The monoisotopic (exact) mass is 326 g/mol. The first-order valence-corrected chi connectivity index (χ1v) is 8.24. The zero-order chi connectivity index (χ0) is 17.1. The molecule has 0 bridgehead atoms. The summed E-state index contributed by atoms with van der Waals surface area (Å²) in [4.78, 5) is 0. The van der Waals surface area contributed by atoms with E-state index in [-0.39, 0.29) is 6.61 Å². The van der Waals surface area contributed by atoms with Gasteiger partial charge in [-0.25, -0.2) is 9.13 Å². The highest BCUT2D eigenvalue weighted by Gasteiger charge is 2.22. The van der Waals surface area contributed by atoms with E-state index in [1.165, 1.54) is 5.56 Å². The van der Waals surface area contributed by atoms with Crippen LogP contribution < -0.4 is 15.0 Å². The van der Waals surface area contributed by atoms with Crippen LogP contribution in [0.5, 0.6) is 5.75 Å². The lowest BCUT2D eigenvalue weighted by Gasteiger charge is -2.12. The Kier molecular flexibility index (Phi) is 4.71. The molecular formula is C19H24N3O2+. The van der Waals surface area contributed by atoms with E-state index in [9.17, 15) is 5.11 Å². The van der Waals surface area contributed by atoms with E-state index in [0.29, 0.717) is 12.5 Å². The number of fused-ring (bicyclic) bond motifs is 1. The summed E-state index contributed by atoms with van der Waals surface area (Å²) in [6, 6.07) is 15.8. The standard InChI is InChI=1S/C19H23N3O2/c1-3-21-17-6-4-5-7-18(17)22(19(21)20)12-15(23)13-24-16-10-8-14(2)9-11-16/h4-11,15,20,23H,3,12-13H2,1-2H3/p+1/t15-/m0/s1. The lowest BCUT2D eigenvalue weighted by Crippen LogP contribution is -2.43. The number of aromatic nitrogens is 2. The fourth-order valence-corrected chi connectivity index (χ4v) is 2.93. The summed E-state index contributed by atoms with van der Waals surface area (Å²) in [5.41, 5.74) is 9.55. The highest BCUT2D eigenvalue weighted by atomic mass is 16.5. The number of benzene rings is 2. The number of hydrogen-bond donors (Lipinski definition) is 2. The van der Waals surface area contributed by atoms with Crippen LogP contribution in [0, 0.1) is 6.92 Å². The average molecular weight is 326 g/mol. The highest BCUT2D eigenvalue weighted by Crippen LogP contribution is 2.16. The Morgan fingerprint density at radius 2 is 1.88 bits per heavy atom. The minimum absolute atomic E-state index is 0.223. The second kappa shape index (κ2) is 6.93. The average Bonchev–Trinajstić information content (AvgIpc) is 2.86. The molecule has 5 nitrogen and oxygen atoms in total. The van der Waals surface area contributed by atoms with Crippen LogP contribution in [0.15, 0.2) is 48.5 Å². The number of aliphatic hydroxyl groups is 1. The molecule has 0 radical (unpaired) electrons. The van der Waals surface area contributed by atoms with E-state index in [4.69, 9.17) is 10.5 Å². The van der Waals surface area contributed by atoms with Crippen molar-refractivity contribution in [2.75, 3.05) is 12.3 Å². The molecule has 0 aliphatic carbocycles. The molecule has 0 unspecified atom stereocenters. The van der Waals surface area contributed by atoms with Crippen LogP contribution in [-0.2, 0) is 13.1 Å². The maximum Gasteiger partial charge on any atom is 0.356 e. The Morgan fingerprint density at radius 1 is 1.17 bits per heavy atom. The van der Waals surface area contributed by atoms with Crippen molar-refractivity contribution in [1.29, 1.82) is 0 Å². The van der Waals surface area contributed by atoms with E-state index < -0.39 is 6.10 Å². The molecule has 24 heavy (non-hydrogen) atoms. The first kappa shape index (κ1) is 16.3. The van der Waals surface area contributed by atoms with Crippen molar-refractivity contribution >= 4 is 17.0 Å². The number of hydrogen-bond acceptors (Lipinski definition) is 3. The van der Waals surface area contributed by atoms with Gasteiger partial charge in [-0.05, 0) is 38.1 Å². The van der Waals surface area contributed by atoms with Gasteiger partial charge in [-0.1, -0.05) is 29.8 Å².